The molecular formula is C12H15N3O4. The predicted octanol–water partition coefficient (Wildman–Crippen LogP) is 1.24. The minimum atomic E-state index is -0.570. The number of nitro groups is 1. The Balaban J connectivity index is 2.11. The molecule has 0 saturated carbocycles. The van der Waals surface area contributed by atoms with Gasteiger partial charge in [0.1, 0.15) is 5.75 Å². The van der Waals surface area contributed by atoms with Gasteiger partial charge < -0.3 is 15.7 Å². The van der Waals surface area contributed by atoms with Crippen molar-refractivity contribution in [3.05, 3.63) is 28.3 Å². The van der Waals surface area contributed by atoms with Gasteiger partial charge in [-0.3, -0.25) is 14.9 Å². The fourth-order valence-corrected chi connectivity index (χ4v) is 2.06. The Morgan fingerprint density at radius 1 is 1.42 bits per heavy atom. The topological polar surface area (TPSA) is 104 Å². The molecule has 1 aliphatic rings. The molecule has 2 rings (SSSR count). The number of nitrogens with one attached hydrogen (secondary N) is 2. The molecule has 0 bridgehead atoms. The van der Waals surface area contributed by atoms with Crippen LogP contribution in [0, 0.1) is 16.0 Å². The van der Waals surface area contributed by atoms with Gasteiger partial charge in [-0.15, -0.1) is 0 Å². The lowest BCUT2D eigenvalue weighted by atomic mass is 9.97. The van der Waals surface area contributed by atoms with Gasteiger partial charge in [0.2, 0.25) is 5.91 Å². The van der Waals surface area contributed by atoms with Crippen LogP contribution in [0.4, 0.5) is 11.4 Å². The van der Waals surface area contributed by atoms with Gasteiger partial charge in [-0.1, -0.05) is 0 Å². The number of rotatable bonds is 3. The molecule has 0 atom stereocenters. The Kier molecular flexibility index (Phi) is 3.96. The number of amides is 1. The fourth-order valence-electron chi connectivity index (χ4n) is 2.06. The van der Waals surface area contributed by atoms with E-state index in [0.717, 1.165) is 32.0 Å². The molecule has 1 aromatic rings. The van der Waals surface area contributed by atoms with Gasteiger partial charge in [-0.25, -0.2) is 0 Å². The highest BCUT2D eigenvalue weighted by atomic mass is 16.6. The number of nitro benzene ring substituents is 1. The highest BCUT2D eigenvalue weighted by molar-refractivity contribution is 5.94. The van der Waals surface area contributed by atoms with Crippen LogP contribution in [0.2, 0.25) is 0 Å². The molecule has 0 aromatic heterocycles. The first-order valence-electron chi connectivity index (χ1n) is 6.07. The molecule has 1 aromatic carbocycles. The number of anilines is 1. The van der Waals surface area contributed by atoms with Crippen molar-refractivity contribution in [3.63, 3.8) is 0 Å². The van der Waals surface area contributed by atoms with Crippen LogP contribution in [0.5, 0.6) is 5.75 Å². The van der Waals surface area contributed by atoms with E-state index >= 15 is 0 Å². The number of carbonyl (C=O) groups excluding carboxylic acids is 1. The molecule has 1 fully saturated rings. The molecule has 3 N–H and O–H groups in total. The van der Waals surface area contributed by atoms with Gasteiger partial charge in [0.15, 0.2) is 0 Å². The number of aromatic hydroxyl groups is 1. The van der Waals surface area contributed by atoms with Gasteiger partial charge in [0, 0.05) is 18.1 Å². The van der Waals surface area contributed by atoms with Crippen LogP contribution in [0.1, 0.15) is 12.8 Å². The maximum Gasteiger partial charge on any atom is 0.271 e. The zero-order valence-corrected chi connectivity index (χ0v) is 10.3. The summed E-state index contributed by atoms with van der Waals surface area (Å²) in [5.41, 5.74) is -0.0869. The zero-order valence-electron chi connectivity index (χ0n) is 10.3. The Morgan fingerprint density at radius 3 is 2.74 bits per heavy atom. The molecule has 0 spiro atoms. The number of non-ortho nitro benzene ring substituents is 1. The third kappa shape index (κ3) is 3.19. The maximum atomic E-state index is 12.0. The number of carbonyl (C=O) groups is 1. The Hall–Kier alpha value is -2.15. The molecule has 7 nitrogen and oxygen atoms in total. The molecular weight excluding hydrogens is 250 g/mol. The zero-order chi connectivity index (χ0) is 13.8. The number of hydrogen-bond donors (Lipinski definition) is 3. The van der Waals surface area contributed by atoms with Crippen LogP contribution >= 0.6 is 0 Å². The first kappa shape index (κ1) is 13.3. The lowest BCUT2D eigenvalue weighted by Crippen LogP contribution is -2.34. The number of hydrogen-bond acceptors (Lipinski definition) is 5. The Labute approximate surface area is 109 Å². The lowest BCUT2D eigenvalue weighted by Gasteiger charge is -2.21. The van der Waals surface area contributed by atoms with Crippen LogP contribution in [0.25, 0.3) is 0 Å². The van der Waals surface area contributed by atoms with Crippen molar-refractivity contribution in [3.8, 4) is 5.75 Å². The summed E-state index contributed by atoms with van der Waals surface area (Å²) in [5, 5.41) is 26.0. The van der Waals surface area contributed by atoms with Crippen molar-refractivity contribution in [1.29, 1.82) is 0 Å². The molecule has 0 radical (unpaired) electrons. The average Bonchev–Trinajstić information content (AvgIpc) is 2.42. The summed E-state index contributed by atoms with van der Waals surface area (Å²) >= 11 is 0. The van der Waals surface area contributed by atoms with Gasteiger partial charge in [-0.2, -0.15) is 0 Å². The van der Waals surface area contributed by atoms with Crippen LogP contribution < -0.4 is 10.6 Å². The molecule has 0 unspecified atom stereocenters. The SMILES string of the molecule is O=C(Nc1cc([N+](=O)[O-])ccc1O)C1CCNCC1. The molecule has 1 aliphatic heterocycles. The van der Waals surface area contributed by atoms with E-state index in [2.05, 4.69) is 10.6 Å². The quantitative estimate of drug-likeness (QED) is 0.433. The number of piperidine rings is 1. The third-order valence-electron chi connectivity index (χ3n) is 3.16. The molecule has 19 heavy (non-hydrogen) atoms. The first-order valence-corrected chi connectivity index (χ1v) is 6.07. The molecule has 102 valence electrons. The summed E-state index contributed by atoms with van der Waals surface area (Å²) in [6.07, 6.45) is 1.45. The summed E-state index contributed by atoms with van der Waals surface area (Å²) in [5.74, 6) is -0.509. The van der Waals surface area contributed by atoms with E-state index in [-0.39, 0.29) is 28.9 Å². The first-order chi connectivity index (χ1) is 9.08. The number of nitrogens with zero attached hydrogens (tertiary/aromatic N) is 1. The summed E-state index contributed by atoms with van der Waals surface area (Å²) in [4.78, 5) is 22.1. The third-order valence-corrected chi connectivity index (χ3v) is 3.16. The van der Waals surface area contributed by atoms with E-state index in [0.29, 0.717) is 0 Å². The summed E-state index contributed by atoms with van der Waals surface area (Å²) in [6, 6.07) is 3.56. The monoisotopic (exact) mass is 265 g/mol. The number of phenols is 1. The van der Waals surface area contributed by atoms with Crippen LogP contribution in [0.15, 0.2) is 18.2 Å². The van der Waals surface area contributed by atoms with Crippen molar-refractivity contribution in [2.75, 3.05) is 18.4 Å². The van der Waals surface area contributed by atoms with E-state index in [1.807, 2.05) is 0 Å². The second kappa shape index (κ2) is 5.66. The molecule has 1 amide bonds. The van der Waals surface area contributed by atoms with Crippen LogP contribution in [0.3, 0.4) is 0 Å². The van der Waals surface area contributed by atoms with Gasteiger partial charge in [0.05, 0.1) is 10.6 Å². The largest absolute Gasteiger partial charge is 0.506 e. The maximum absolute atomic E-state index is 12.0. The van der Waals surface area contributed by atoms with Crippen molar-refractivity contribution in [2.24, 2.45) is 5.92 Å². The van der Waals surface area contributed by atoms with Gasteiger partial charge in [0.25, 0.3) is 5.69 Å². The molecule has 0 aliphatic carbocycles. The van der Waals surface area contributed by atoms with Crippen molar-refractivity contribution in [2.45, 2.75) is 12.8 Å². The van der Waals surface area contributed by atoms with Crippen molar-refractivity contribution < 1.29 is 14.8 Å². The molecule has 1 saturated heterocycles. The smallest absolute Gasteiger partial charge is 0.271 e. The highest BCUT2D eigenvalue weighted by Crippen LogP contribution is 2.28. The fraction of sp³-hybridized carbons (Fsp3) is 0.417. The minimum absolute atomic E-state index is 0.0812. The van der Waals surface area contributed by atoms with Crippen molar-refractivity contribution >= 4 is 17.3 Å². The Bertz CT molecular complexity index is 498. The van der Waals surface area contributed by atoms with Crippen molar-refractivity contribution in [1.82, 2.24) is 5.32 Å². The van der Waals surface area contributed by atoms with Gasteiger partial charge in [-0.05, 0) is 32.0 Å². The van der Waals surface area contributed by atoms with Crippen LogP contribution in [-0.4, -0.2) is 29.0 Å². The van der Waals surface area contributed by atoms with E-state index in [1.165, 1.54) is 12.1 Å². The number of phenolic OH excluding ortho intramolecular Hbond substituents is 1. The van der Waals surface area contributed by atoms with E-state index in [9.17, 15) is 20.0 Å². The van der Waals surface area contributed by atoms with E-state index in [1.54, 1.807) is 0 Å². The Morgan fingerprint density at radius 2 is 2.11 bits per heavy atom. The molecule has 7 heteroatoms. The predicted molar refractivity (Wildman–Crippen MR) is 69.0 cm³/mol. The second-order valence-electron chi connectivity index (χ2n) is 4.47. The second-order valence-corrected chi connectivity index (χ2v) is 4.47. The summed E-state index contributed by atoms with van der Waals surface area (Å²) < 4.78 is 0. The van der Waals surface area contributed by atoms with Crippen LogP contribution in [-0.2, 0) is 4.79 Å². The lowest BCUT2D eigenvalue weighted by molar-refractivity contribution is -0.384. The normalized spacial score (nSPS) is 16.0. The van der Waals surface area contributed by atoms with E-state index < -0.39 is 4.92 Å². The number of benzene rings is 1. The summed E-state index contributed by atoms with van der Waals surface area (Å²) in [7, 11) is 0. The molecule has 1 heterocycles. The minimum Gasteiger partial charge on any atom is -0.506 e. The standard InChI is InChI=1S/C12H15N3O4/c16-11-2-1-9(15(18)19)7-10(11)14-12(17)8-3-5-13-6-4-8/h1-2,7-8,13,16H,3-6H2,(H,14,17). The van der Waals surface area contributed by atoms with E-state index in [4.69, 9.17) is 0 Å². The highest BCUT2D eigenvalue weighted by Gasteiger charge is 2.22. The van der Waals surface area contributed by atoms with Gasteiger partial charge >= 0.3 is 0 Å². The summed E-state index contributed by atoms with van der Waals surface area (Å²) in [6.45, 7) is 1.55. The average molecular weight is 265 g/mol.